The lowest BCUT2D eigenvalue weighted by Crippen LogP contribution is -2.08. The van der Waals surface area contributed by atoms with Crippen LogP contribution >= 0.6 is 0 Å². The molecule has 4 aromatic rings. The van der Waals surface area contributed by atoms with Crippen LogP contribution in [0, 0.1) is 5.82 Å². The summed E-state index contributed by atoms with van der Waals surface area (Å²) in [6.45, 7) is 0.263. The number of nitrogens with one attached hydrogen (secondary N) is 1. The van der Waals surface area contributed by atoms with Crippen LogP contribution in [-0.2, 0) is 12.7 Å². The molecule has 0 atom stereocenters. The van der Waals surface area contributed by atoms with E-state index >= 15 is 0 Å². The number of anilines is 1. The normalized spacial score (nSPS) is 11.5. The van der Waals surface area contributed by atoms with E-state index in [1.54, 1.807) is 22.9 Å². The van der Waals surface area contributed by atoms with Crippen LogP contribution in [0.5, 0.6) is 0 Å². The van der Waals surface area contributed by atoms with E-state index in [4.69, 9.17) is 0 Å². The molecule has 0 saturated heterocycles. The topological polar surface area (TPSA) is 29.9 Å². The van der Waals surface area contributed by atoms with Crippen molar-refractivity contribution < 1.29 is 17.6 Å². The van der Waals surface area contributed by atoms with Gasteiger partial charge in [0.05, 0.1) is 16.9 Å². The molecule has 30 heavy (non-hydrogen) atoms. The molecule has 0 spiro atoms. The second kappa shape index (κ2) is 8.02. The molecule has 0 aliphatic rings. The first kappa shape index (κ1) is 19.7. The van der Waals surface area contributed by atoms with Gasteiger partial charge in [-0.1, -0.05) is 48.5 Å². The number of rotatable bonds is 5. The molecule has 0 amide bonds. The Morgan fingerprint density at radius 1 is 0.867 bits per heavy atom. The summed E-state index contributed by atoms with van der Waals surface area (Å²) in [5.74, 6) is 0.0792. The second-order valence-corrected chi connectivity index (χ2v) is 6.71. The van der Waals surface area contributed by atoms with Gasteiger partial charge in [0.1, 0.15) is 5.82 Å². The molecule has 7 heteroatoms. The molecule has 3 nitrogen and oxygen atoms in total. The Hall–Kier alpha value is -3.61. The third kappa shape index (κ3) is 4.35. The zero-order valence-corrected chi connectivity index (χ0v) is 15.7. The van der Waals surface area contributed by atoms with Crippen molar-refractivity contribution in [2.75, 3.05) is 5.32 Å². The van der Waals surface area contributed by atoms with E-state index in [-0.39, 0.29) is 12.4 Å². The number of benzene rings is 3. The van der Waals surface area contributed by atoms with Crippen molar-refractivity contribution in [2.45, 2.75) is 12.7 Å². The summed E-state index contributed by atoms with van der Waals surface area (Å²) >= 11 is 0. The van der Waals surface area contributed by atoms with E-state index < -0.39 is 11.7 Å². The summed E-state index contributed by atoms with van der Waals surface area (Å²) in [4.78, 5) is 4.61. The van der Waals surface area contributed by atoms with Gasteiger partial charge in [-0.15, -0.1) is 0 Å². The molecule has 0 aliphatic carbocycles. The highest BCUT2D eigenvalue weighted by molar-refractivity contribution is 5.62. The highest BCUT2D eigenvalue weighted by atomic mass is 19.4. The quantitative estimate of drug-likeness (QED) is 0.390. The summed E-state index contributed by atoms with van der Waals surface area (Å²) in [5, 5.41) is 3.14. The number of hydrogen-bond donors (Lipinski definition) is 1. The van der Waals surface area contributed by atoms with E-state index in [0.29, 0.717) is 22.9 Å². The maximum atomic E-state index is 13.8. The Bertz CT molecular complexity index is 1130. The molecule has 1 heterocycles. The third-order valence-electron chi connectivity index (χ3n) is 4.59. The van der Waals surface area contributed by atoms with Crippen molar-refractivity contribution in [3.63, 3.8) is 0 Å². The van der Waals surface area contributed by atoms with Gasteiger partial charge in [0.2, 0.25) is 5.95 Å². The monoisotopic (exact) mass is 411 g/mol. The van der Waals surface area contributed by atoms with E-state index in [1.165, 1.54) is 24.3 Å². The first-order valence-electron chi connectivity index (χ1n) is 9.21. The molecule has 1 aromatic heterocycles. The Morgan fingerprint density at radius 2 is 1.60 bits per heavy atom. The first-order valence-corrected chi connectivity index (χ1v) is 9.21. The minimum absolute atomic E-state index is 0.263. The van der Waals surface area contributed by atoms with Gasteiger partial charge in [-0.2, -0.15) is 13.2 Å². The molecule has 4 rings (SSSR count). The lowest BCUT2D eigenvalue weighted by molar-refractivity contribution is -0.137. The van der Waals surface area contributed by atoms with Crippen LogP contribution in [0.25, 0.3) is 16.9 Å². The molecule has 0 aliphatic heterocycles. The minimum Gasteiger partial charge on any atom is -0.351 e. The largest absolute Gasteiger partial charge is 0.416 e. The third-order valence-corrected chi connectivity index (χ3v) is 4.59. The molecule has 0 fully saturated rings. The van der Waals surface area contributed by atoms with Crippen molar-refractivity contribution in [1.29, 1.82) is 0 Å². The second-order valence-electron chi connectivity index (χ2n) is 6.71. The van der Waals surface area contributed by atoms with E-state index in [0.717, 1.165) is 17.7 Å². The zero-order valence-electron chi connectivity index (χ0n) is 15.7. The zero-order chi connectivity index (χ0) is 21.1. The van der Waals surface area contributed by atoms with Crippen molar-refractivity contribution >= 4 is 5.95 Å². The van der Waals surface area contributed by atoms with Crippen LogP contribution in [-0.4, -0.2) is 9.55 Å². The number of halogens is 4. The molecular formula is C23H17F4N3. The minimum atomic E-state index is -4.37. The molecular weight excluding hydrogens is 394 g/mol. The summed E-state index contributed by atoms with van der Waals surface area (Å²) in [6, 6.07) is 20.6. The molecule has 0 unspecified atom stereocenters. The van der Waals surface area contributed by atoms with Gasteiger partial charge in [-0.05, 0) is 35.9 Å². The number of hydrogen-bond acceptors (Lipinski definition) is 2. The Kier molecular flexibility index (Phi) is 5.27. The summed E-state index contributed by atoms with van der Waals surface area (Å²) in [5.41, 5.74) is 2.14. The molecule has 0 saturated carbocycles. The fourth-order valence-electron chi connectivity index (χ4n) is 3.07. The van der Waals surface area contributed by atoms with Crippen molar-refractivity contribution in [1.82, 2.24) is 9.55 Å². The molecule has 0 bridgehead atoms. The van der Waals surface area contributed by atoms with Gasteiger partial charge in [-0.3, -0.25) is 4.57 Å². The van der Waals surface area contributed by atoms with E-state index in [1.807, 2.05) is 30.3 Å². The molecule has 1 N–H and O–H groups in total. The van der Waals surface area contributed by atoms with Crippen LogP contribution in [0.1, 0.15) is 11.1 Å². The molecule has 152 valence electrons. The predicted molar refractivity (Wildman–Crippen MR) is 108 cm³/mol. The first-order chi connectivity index (χ1) is 14.4. The van der Waals surface area contributed by atoms with Crippen LogP contribution < -0.4 is 5.32 Å². The Morgan fingerprint density at radius 3 is 2.27 bits per heavy atom. The van der Waals surface area contributed by atoms with Crippen molar-refractivity contribution in [3.8, 4) is 16.9 Å². The molecule has 3 aromatic carbocycles. The van der Waals surface area contributed by atoms with Gasteiger partial charge in [0.25, 0.3) is 0 Å². The highest BCUT2D eigenvalue weighted by Crippen LogP contribution is 2.29. The van der Waals surface area contributed by atoms with Crippen LogP contribution in [0.3, 0.4) is 0 Å². The van der Waals surface area contributed by atoms with Gasteiger partial charge in [0.15, 0.2) is 0 Å². The summed E-state index contributed by atoms with van der Waals surface area (Å²) in [7, 11) is 0. The van der Waals surface area contributed by atoms with Gasteiger partial charge >= 0.3 is 6.18 Å². The maximum absolute atomic E-state index is 13.8. The molecule has 0 radical (unpaired) electrons. The van der Waals surface area contributed by atoms with Crippen molar-refractivity contribution in [2.24, 2.45) is 0 Å². The van der Waals surface area contributed by atoms with Gasteiger partial charge in [0, 0.05) is 18.3 Å². The number of alkyl halides is 3. The standard InChI is InChI=1S/C23H17F4N3/c24-19-7-4-8-20(13-19)30-15-21(17-5-2-1-3-6-17)29-22(30)28-14-16-9-11-18(12-10-16)23(25,26)27/h1-13,15H,14H2,(H,28,29). The van der Waals surface area contributed by atoms with Crippen molar-refractivity contribution in [3.05, 3.63) is 102 Å². The summed E-state index contributed by atoms with van der Waals surface area (Å²) in [6.07, 6.45) is -2.58. The van der Waals surface area contributed by atoms with E-state index in [2.05, 4.69) is 10.3 Å². The smallest absolute Gasteiger partial charge is 0.351 e. The highest BCUT2D eigenvalue weighted by Gasteiger charge is 2.29. The van der Waals surface area contributed by atoms with Crippen LogP contribution in [0.2, 0.25) is 0 Å². The number of nitrogens with zero attached hydrogens (tertiary/aromatic N) is 2. The Balaban J connectivity index is 1.63. The average Bonchev–Trinajstić information content (AvgIpc) is 3.17. The lowest BCUT2D eigenvalue weighted by Gasteiger charge is -2.11. The van der Waals surface area contributed by atoms with Gasteiger partial charge in [-0.25, -0.2) is 9.37 Å². The Labute approximate surface area is 170 Å². The fourth-order valence-corrected chi connectivity index (χ4v) is 3.07. The average molecular weight is 411 g/mol. The SMILES string of the molecule is Fc1cccc(-n2cc(-c3ccccc3)nc2NCc2ccc(C(F)(F)F)cc2)c1. The fraction of sp³-hybridized carbons (Fsp3) is 0.0870. The number of aromatic nitrogens is 2. The van der Waals surface area contributed by atoms with Crippen LogP contribution in [0.4, 0.5) is 23.5 Å². The lowest BCUT2D eigenvalue weighted by atomic mass is 10.1. The number of imidazole rings is 1. The van der Waals surface area contributed by atoms with Gasteiger partial charge < -0.3 is 5.32 Å². The predicted octanol–water partition coefficient (Wildman–Crippen LogP) is 6.31. The summed E-state index contributed by atoms with van der Waals surface area (Å²) < 4.78 is 53.7. The maximum Gasteiger partial charge on any atom is 0.416 e. The van der Waals surface area contributed by atoms with Crippen LogP contribution in [0.15, 0.2) is 85.1 Å². The van der Waals surface area contributed by atoms with E-state index in [9.17, 15) is 17.6 Å².